The first kappa shape index (κ1) is 15.4. The van der Waals surface area contributed by atoms with Gasteiger partial charge in [-0.05, 0) is 42.3 Å². The van der Waals surface area contributed by atoms with Gasteiger partial charge in [0.1, 0.15) is 17.1 Å². The number of rotatable bonds is 4. The Morgan fingerprint density at radius 3 is 2.65 bits per heavy atom. The van der Waals surface area contributed by atoms with Gasteiger partial charge in [0, 0.05) is 5.56 Å². The van der Waals surface area contributed by atoms with Crippen LogP contribution in [0.25, 0.3) is 10.2 Å². The smallest absolute Gasteiger partial charge is 0.257 e. The van der Waals surface area contributed by atoms with Crippen molar-refractivity contribution in [3.8, 4) is 5.75 Å². The van der Waals surface area contributed by atoms with Crippen LogP contribution in [0, 0.1) is 5.82 Å². The second-order valence-corrected chi connectivity index (χ2v) is 5.94. The minimum atomic E-state index is -0.376. The Kier molecular flexibility index (Phi) is 4.25. The standard InChI is InChI=1S/C17H15FN2O2S/c1-3-10-6-9-13(22-2)14-15(10)23-17(19-14)20-16(21)11-4-7-12(18)8-5-11/h4-9H,3H2,1-2H3,(H,19,20,21). The van der Waals surface area contributed by atoms with Crippen LogP contribution < -0.4 is 10.1 Å². The highest BCUT2D eigenvalue weighted by molar-refractivity contribution is 7.22. The maximum absolute atomic E-state index is 12.9. The zero-order chi connectivity index (χ0) is 16.4. The molecule has 1 aromatic heterocycles. The van der Waals surface area contributed by atoms with E-state index in [1.807, 2.05) is 12.1 Å². The Balaban J connectivity index is 1.94. The summed E-state index contributed by atoms with van der Waals surface area (Å²) in [6.45, 7) is 2.07. The van der Waals surface area contributed by atoms with Crippen molar-refractivity contribution in [2.75, 3.05) is 12.4 Å². The number of aryl methyl sites for hydroxylation is 1. The minimum absolute atomic E-state index is 0.318. The van der Waals surface area contributed by atoms with Gasteiger partial charge in [-0.3, -0.25) is 10.1 Å². The van der Waals surface area contributed by atoms with Crippen molar-refractivity contribution in [1.82, 2.24) is 4.98 Å². The number of nitrogens with one attached hydrogen (secondary N) is 1. The fourth-order valence-corrected chi connectivity index (χ4v) is 3.36. The number of benzene rings is 2. The monoisotopic (exact) mass is 330 g/mol. The first-order chi connectivity index (χ1) is 11.1. The molecular weight excluding hydrogens is 315 g/mol. The fourth-order valence-electron chi connectivity index (χ4n) is 2.30. The Morgan fingerprint density at radius 1 is 1.26 bits per heavy atom. The largest absolute Gasteiger partial charge is 0.494 e. The molecule has 0 fully saturated rings. The second kappa shape index (κ2) is 6.34. The molecule has 0 unspecified atom stereocenters. The van der Waals surface area contributed by atoms with Crippen LogP contribution in [0.4, 0.5) is 9.52 Å². The quantitative estimate of drug-likeness (QED) is 0.778. The molecular formula is C17H15FN2O2S. The molecule has 0 aliphatic carbocycles. The van der Waals surface area contributed by atoms with E-state index in [0.29, 0.717) is 16.4 Å². The molecule has 4 nitrogen and oxygen atoms in total. The lowest BCUT2D eigenvalue weighted by molar-refractivity contribution is 0.102. The molecule has 0 saturated carbocycles. The second-order valence-electron chi connectivity index (χ2n) is 4.94. The first-order valence-electron chi connectivity index (χ1n) is 7.15. The summed E-state index contributed by atoms with van der Waals surface area (Å²) < 4.78 is 19.3. The van der Waals surface area contributed by atoms with Crippen molar-refractivity contribution in [2.24, 2.45) is 0 Å². The van der Waals surface area contributed by atoms with E-state index in [4.69, 9.17) is 4.74 Å². The Bertz CT molecular complexity index is 818. The number of carbonyl (C=O) groups excluding carboxylic acids is 1. The van der Waals surface area contributed by atoms with Crippen LogP contribution >= 0.6 is 11.3 Å². The minimum Gasteiger partial charge on any atom is -0.494 e. The summed E-state index contributed by atoms with van der Waals surface area (Å²) >= 11 is 1.41. The zero-order valence-electron chi connectivity index (χ0n) is 12.7. The van der Waals surface area contributed by atoms with Crippen LogP contribution in [0.1, 0.15) is 22.8 Å². The van der Waals surface area contributed by atoms with Crippen LogP contribution in [0.15, 0.2) is 36.4 Å². The summed E-state index contributed by atoms with van der Waals surface area (Å²) in [6, 6.07) is 9.28. The summed E-state index contributed by atoms with van der Waals surface area (Å²) in [6.07, 6.45) is 0.869. The molecule has 0 saturated heterocycles. The Morgan fingerprint density at radius 2 is 2.00 bits per heavy atom. The number of ether oxygens (including phenoxy) is 1. The van der Waals surface area contributed by atoms with Crippen LogP contribution in [-0.4, -0.2) is 18.0 Å². The molecule has 3 aromatic rings. The van der Waals surface area contributed by atoms with Gasteiger partial charge in [0.05, 0.1) is 11.8 Å². The van der Waals surface area contributed by atoms with E-state index in [1.54, 1.807) is 7.11 Å². The molecule has 0 bridgehead atoms. The molecule has 2 aromatic carbocycles. The number of anilines is 1. The number of nitrogens with zero attached hydrogens (tertiary/aromatic N) is 1. The van der Waals surface area contributed by atoms with Crippen LogP contribution in [-0.2, 0) is 6.42 Å². The van der Waals surface area contributed by atoms with Crippen LogP contribution in [0.3, 0.4) is 0 Å². The van der Waals surface area contributed by atoms with Crippen LogP contribution in [0.5, 0.6) is 5.75 Å². The highest BCUT2D eigenvalue weighted by Crippen LogP contribution is 2.35. The van der Waals surface area contributed by atoms with Gasteiger partial charge in [0.15, 0.2) is 5.13 Å². The molecule has 0 atom stereocenters. The predicted octanol–water partition coefficient (Wildman–Crippen LogP) is 4.26. The molecule has 23 heavy (non-hydrogen) atoms. The van der Waals surface area contributed by atoms with Gasteiger partial charge in [0.25, 0.3) is 5.91 Å². The van der Waals surface area contributed by atoms with E-state index in [-0.39, 0.29) is 11.7 Å². The van der Waals surface area contributed by atoms with Gasteiger partial charge in [0.2, 0.25) is 0 Å². The van der Waals surface area contributed by atoms with E-state index < -0.39 is 0 Å². The van der Waals surface area contributed by atoms with Gasteiger partial charge in [-0.1, -0.05) is 24.3 Å². The first-order valence-corrected chi connectivity index (χ1v) is 7.97. The lowest BCUT2D eigenvalue weighted by Crippen LogP contribution is -2.11. The highest BCUT2D eigenvalue weighted by atomic mass is 32.1. The zero-order valence-corrected chi connectivity index (χ0v) is 13.5. The summed E-state index contributed by atoms with van der Waals surface area (Å²) in [5, 5.41) is 3.25. The molecule has 0 spiro atoms. The number of aromatic nitrogens is 1. The lowest BCUT2D eigenvalue weighted by atomic mass is 10.1. The van der Waals surface area contributed by atoms with E-state index in [1.165, 1.54) is 35.6 Å². The molecule has 3 rings (SSSR count). The maximum atomic E-state index is 12.9. The van der Waals surface area contributed by atoms with Gasteiger partial charge in [-0.25, -0.2) is 9.37 Å². The molecule has 0 aliphatic rings. The third kappa shape index (κ3) is 3.03. The number of thiazole rings is 1. The number of amides is 1. The Labute approximate surface area is 136 Å². The predicted molar refractivity (Wildman–Crippen MR) is 89.9 cm³/mol. The molecule has 1 N–H and O–H groups in total. The van der Waals surface area contributed by atoms with Crippen molar-refractivity contribution < 1.29 is 13.9 Å². The van der Waals surface area contributed by atoms with Crippen molar-refractivity contribution in [1.29, 1.82) is 0 Å². The average Bonchev–Trinajstić information content (AvgIpc) is 2.97. The topological polar surface area (TPSA) is 51.2 Å². The van der Waals surface area contributed by atoms with Gasteiger partial charge >= 0.3 is 0 Å². The summed E-state index contributed by atoms with van der Waals surface area (Å²) in [7, 11) is 1.59. The Hall–Kier alpha value is -2.47. The molecule has 1 amide bonds. The third-order valence-electron chi connectivity index (χ3n) is 3.52. The van der Waals surface area contributed by atoms with Crippen molar-refractivity contribution in [2.45, 2.75) is 13.3 Å². The number of hydrogen-bond donors (Lipinski definition) is 1. The number of halogens is 1. The normalized spacial score (nSPS) is 10.7. The molecule has 1 heterocycles. The summed E-state index contributed by atoms with van der Waals surface area (Å²) in [4.78, 5) is 16.7. The fraction of sp³-hybridized carbons (Fsp3) is 0.176. The lowest BCUT2D eigenvalue weighted by Gasteiger charge is -2.03. The molecule has 6 heteroatoms. The van der Waals surface area contributed by atoms with Crippen LogP contribution in [0.2, 0.25) is 0 Å². The van der Waals surface area contributed by atoms with E-state index in [9.17, 15) is 9.18 Å². The van der Waals surface area contributed by atoms with Gasteiger partial charge in [-0.15, -0.1) is 0 Å². The summed E-state index contributed by atoms with van der Waals surface area (Å²) in [5.74, 6) is -0.0179. The third-order valence-corrected chi connectivity index (χ3v) is 4.56. The van der Waals surface area contributed by atoms with Crippen molar-refractivity contribution in [3.05, 3.63) is 53.3 Å². The SMILES string of the molecule is CCc1ccc(OC)c2nc(NC(=O)c3ccc(F)cc3)sc12. The molecule has 0 aliphatic heterocycles. The highest BCUT2D eigenvalue weighted by Gasteiger charge is 2.14. The van der Waals surface area contributed by atoms with Crippen molar-refractivity contribution in [3.63, 3.8) is 0 Å². The number of methoxy groups -OCH3 is 1. The maximum Gasteiger partial charge on any atom is 0.257 e. The average molecular weight is 330 g/mol. The molecule has 0 radical (unpaired) electrons. The van der Waals surface area contributed by atoms with Gasteiger partial charge in [-0.2, -0.15) is 0 Å². The number of fused-ring (bicyclic) bond motifs is 1. The summed E-state index contributed by atoms with van der Waals surface area (Å²) in [5.41, 5.74) is 2.28. The van der Waals surface area contributed by atoms with E-state index >= 15 is 0 Å². The number of carbonyl (C=O) groups is 1. The van der Waals surface area contributed by atoms with Gasteiger partial charge < -0.3 is 4.74 Å². The van der Waals surface area contributed by atoms with Crippen molar-refractivity contribution >= 4 is 32.6 Å². The number of hydrogen-bond acceptors (Lipinski definition) is 4. The molecule has 118 valence electrons. The van der Waals surface area contributed by atoms with E-state index in [0.717, 1.165) is 22.2 Å². The van der Waals surface area contributed by atoms with E-state index in [2.05, 4.69) is 17.2 Å².